The van der Waals surface area contributed by atoms with Crippen LogP contribution in [0.2, 0.25) is 0 Å². The Hall–Kier alpha value is 0.984. The van der Waals surface area contributed by atoms with Gasteiger partial charge in [-0.15, -0.1) is 29.0 Å². The van der Waals surface area contributed by atoms with Crippen LogP contribution in [0.4, 0.5) is 0 Å². The molecule has 0 heterocycles. The number of hydrogen-bond donors (Lipinski definition) is 0. The van der Waals surface area contributed by atoms with E-state index >= 15 is 0 Å². The van der Waals surface area contributed by atoms with Crippen LogP contribution in [0, 0.1) is 0 Å². The van der Waals surface area contributed by atoms with E-state index in [9.17, 15) is 0 Å². The molecule has 0 saturated heterocycles. The van der Waals surface area contributed by atoms with E-state index in [4.69, 9.17) is 0 Å². The van der Waals surface area contributed by atoms with Crippen molar-refractivity contribution in [1.82, 2.24) is 0 Å². The molecule has 4 heteroatoms. The Labute approximate surface area is 137 Å². The zero-order valence-electron chi connectivity index (χ0n) is 8.31. The summed E-state index contributed by atoms with van der Waals surface area (Å²) in [6.45, 7) is 2.20. The van der Waals surface area contributed by atoms with Crippen LogP contribution in [0.3, 0.4) is 0 Å². The topological polar surface area (TPSA) is 0 Å². The van der Waals surface area contributed by atoms with E-state index in [1.807, 2.05) is 0 Å². The molecule has 0 amide bonds. The van der Waals surface area contributed by atoms with E-state index in [0.717, 1.165) is 6.42 Å². The molecular weight excluding hydrogens is 420 g/mol. The fraction of sp³-hybridized carbons (Fsp3) is 0.182. The predicted molar refractivity (Wildman–Crippen MR) is 48.9 cm³/mol. The summed E-state index contributed by atoms with van der Waals surface area (Å²) < 4.78 is 0. The molecule has 0 aromatic heterocycles. The first kappa shape index (κ1) is 21.3. The Balaban J connectivity index is -0.000000360. The van der Waals surface area contributed by atoms with Gasteiger partial charge in [0, 0.05) is 0 Å². The standard InChI is InChI=1S/C11H11.3BrH.Ti/c1-2-9-5-3-6-10-7-4-8-11(9)10;;;;/h3-8H,2H2,1H3;3*1H;/q-1;;;;+4/p-3. The third-order valence-corrected chi connectivity index (χ3v) is 2.15. The molecule has 0 saturated carbocycles. The SMILES string of the molecule is CCc1cccc2[cH-]ccc12.[Br-].[Br-].[Br-].[Ti+4]. The summed E-state index contributed by atoms with van der Waals surface area (Å²) in [6.07, 6.45) is 1.13. The largest absolute Gasteiger partial charge is 4.00 e. The Morgan fingerprint density at radius 1 is 1.07 bits per heavy atom. The predicted octanol–water partition coefficient (Wildman–Crippen LogP) is -5.87. The third-order valence-electron chi connectivity index (χ3n) is 2.15. The van der Waals surface area contributed by atoms with Crippen molar-refractivity contribution in [1.29, 1.82) is 0 Å². The van der Waals surface area contributed by atoms with Crippen molar-refractivity contribution < 1.29 is 72.7 Å². The van der Waals surface area contributed by atoms with Crippen molar-refractivity contribution >= 4 is 10.8 Å². The molecule has 0 N–H and O–H groups in total. The molecule has 0 radical (unpaired) electrons. The van der Waals surface area contributed by atoms with E-state index < -0.39 is 0 Å². The van der Waals surface area contributed by atoms with Crippen molar-refractivity contribution in [2.75, 3.05) is 0 Å². The van der Waals surface area contributed by atoms with Crippen LogP contribution in [0.1, 0.15) is 12.5 Å². The molecule has 0 aliphatic carbocycles. The van der Waals surface area contributed by atoms with Gasteiger partial charge in [0.2, 0.25) is 0 Å². The maximum atomic E-state index is 2.20. The molecule has 2 aromatic rings. The molecule has 2 rings (SSSR count). The molecule has 0 aliphatic rings. The minimum absolute atomic E-state index is 0. The molecule has 80 valence electrons. The molecule has 0 unspecified atom stereocenters. The number of fused-ring (bicyclic) bond motifs is 1. The third kappa shape index (κ3) is 4.78. The molecule has 2 aromatic carbocycles. The van der Waals surface area contributed by atoms with Crippen LogP contribution in [-0.2, 0) is 28.1 Å². The molecule has 15 heavy (non-hydrogen) atoms. The maximum absolute atomic E-state index is 2.20. The van der Waals surface area contributed by atoms with Gasteiger partial charge in [-0.05, 0) is 6.42 Å². The first-order chi connectivity index (χ1) is 5.42. The molecule has 0 fully saturated rings. The molecular formula is C11H11Br3Ti. The van der Waals surface area contributed by atoms with Crippen LogP contribution < -0.4 is 50.9 Å². The summed E-state index contributed by atoms with van der Waals surface area (Å²) in [5.41, 5.74) is 1.45. The fourth-order valence-electron chi connectivity index (χ4n) is 1.54. The summed E-state index contributed by atoms with van der Waals surface area (Å²) in [4.78, 5) is 0. The summed E-state index contributed by atoms with van der Waals surface area (Å²) in [7, 11) is 0. The van der Waals surface area contributed by atoms with E-state index in [2.05, 4.69) is 43.3 Å². The molecule has 0 bridgehead atoms. The smallest absolute Gasteiger partial charge is 1.00 e. The summed E-state index contributed by atoms with van der Waals surface area (Å²) in [5, 5.41) is 2.78. The second kappa shape index (κ2) is 10.2. The quantitative estimate of drug-likeness (QED) is 0.312. The minimum Gasteiger partial charge on any atom is -1.00 e. The van der Waals surface area contributed by atoms with Crippen LogP contribution in [0.5, 0.6) is 0 Å². The van der Waals surface area contributed by atoms with Crippen molar-refractivity contribution in [3.63, 3.8) is 0 Å². The Kier molecular flexibility index (Phi) is 14.4. The maximum Gasteiger partial charge on any atom is 4.00 e. The van der Waals surface area contributed by atoms with Gasteiger partial charge in [0.15, 0.2) is 0 Å². The number of aryl methyl sites for hydroxylation is 1. The second-order valence-corrected chi connectivity index (χ2v) is 2.80. The van der Waals surface area contributed by atoms with Crippen LogP contribution in [-0.4, -0.2) is 0 Å². The molecule has 0 aliphatic heterocycles. The minimum atomic E-state index is 0. The number of halogens is 3. The van der Waals surface area contributed by atoms with Crippen LogP contribution in [0.15, 0.2) is 36.4 Å². The number of benzene rings is 1. The van der Waals surface area contributed by atoms with Gasteiger partial charge in [0.25, 0.3) is 0 Å². The first-order valence-corrected chi connectivity index (χ1v) is 4.05. The normalized spacial score (nSPS) is 7.80. The van der Waals surface area contributed by atoms with Crippen molar-refractivity contribution in [3.05, 3.63) is 42.0 Å². The van der Waals surface area contributed by atoms with Gasteiger partial charge in [0.05, 0.1) is 0 Å². The van der Waals surface area contributed by atoms with E-state index in [1.165, 1.54) is 16.3 Å². The zero-order valence-corrected chi connectivity index (χ0v) is 14.6. The fourth-order valence-corrected chi connectivity index (χ4v) is 1.54. The summed E-state index contributed by atoms with van der Waals surface area (Å²) >= 11 is 0. The Morgan fingerprint density at radius 2 is 1.73 bits per heavy atom. The second-order valence-electron chi connectivity index (χ2n) is 2.80. The van der Waals surface area contributed by atoms with Crippen molar-refractivity contribution in [2.24, 2.45) is 0 Å². The van der Waals surface area contributed by atoms with Gasteiger partial charge in [-0.25, -0.2) is 0 Å². The molecule has 0 spiro atoms. The van der Waals surface area contributed by atoms with Gasteiger partial charge in [0.1, 0.15) is 0 Å². The number of rotatable bonds is 1. The van der Waals surface area contributed by atoms with Gasteiger partial charge in [-0.2, -0.15) is 12.1 Å². The van der Waals surface area contributed by atoms with E-state index in [1.54, 1.807) is 0 Å². The molecule has 0 atom stereocenters. The van der Waals surface area contributed by atoms with Gasteiger partial charge in [-0.1, -0.05) is 18.6 Å². The average molecular weight is 431 g/mol. The van der Waals surface area contributed by atoms with Gasteiger partial charge in [-0.3, -0.25) is 0 Å². The van der Waals surface area contributed by atoms with Gasteiger partial charge < -0.3 is 50.9 Å². The van der Waals surface area contributed by atoms with E-state index in [0.29, 0.717) is 0 Å². The van der Waals surface area contributed by atoms with Crippen molar-refractivity contribution in [2.45, 2.75) is 13.3 Å². The van der Waals surface area contributed by atoms with Crippen molar-refractivity contribution in [3.8, 4) is 0 Å². The Morgan fingerprint density at radius 3 is 2.33 bits per heavy atom. The van der Waals surface area contributed by atoms with Crippen LogP contribution >= 0.6 is 0 Å². The zero-order chi connectivity index (χ0) is 7.68. The summed E-state index contributed by atoms with van der Waals surface area (Å²) in [5.74, 6) is 0. The van der Waals surface area contributed by atoms with E-state index in [-0.39, 0.29) is 72.7 Å². The van der Waals surface area contributed by atoms with Crippen LogP contribution in [0.25, 0.3) is 10.8 Å². The molecule has 0 nitrogen and oxygen atoms in total. The summed E-state index contributed by atoms with van der Waals surface area (Å²) in [6, 6.07) is 12.9. The number of hydrogen-bond acceptors (Lipinski definition) is 0. The van der Waals surface area contributed by atoms with Gasteiger partial charge >= 0.3 is 21.7 Å². The Bertz CT molecular complexity index is 371. The monoisotopic (exact) mass is 428 g/mol. The average Bonchev–Trinajstić information content (AvgIpc) is 2.50. The first-order valence-electron chi connectivity index (χ1n) is 4.05.